The van der Waals surface area contributed by atoms with Crippen molar-refractivity contribution in [3.8, 4) is 0 Å². The largest absolute Gasteiger partial charge is 0.542 e. The monoisotopic (exact) mass is 197 g/mol. The molecule has 0 unspecified atom stereocenters. The van der Waals surface area contributed by atoms with Crippen LogP contribution in [-0.4, -0.2) is 24.5 Å². The van der Waals surface area contributed by atoms with E-state index in [9.17, 15) is 9.90 Å². The predicted octanol–water partition coefficient (Wildman–Crippen LogP) is -0.261. The number of likely N-dealkylation sites (N-methyl/N-ethyl adjacent to an activating group) is 1. The maximum atomic E-state index is 10.3. The van der Waals surface area contributed by atoms with Gasteiger partial charge < -0.3 is 15.2 Å². The van der Waals surface area contributed by atoms with Gasteiger partial charge in [-0.3, -0.25) is 0 Å². The molecule has 1 N–H and O–H groups in total. The average Bonchev–Trinajstić information content (AvgIpc) is 2.53. The Balaban J connectivity index is 2.64. The molecule has 0 saturated carbocycles. The summed E-state index contributed by atoms with van der Waals surface area (Å²) in [5.41, 5.74) is 0.652. The second kappa shape index (κ2) is 4.74. The molecule has 0 fully saturated rings. The Morgan fingerprint density at radius 3 is 3.15 bits per heavy atom. The van der Waals surface area contributed by atoms with Crippen LogP contribution in [-0.2, 0) is 0 Å². The van der Waals surface area contributed by atoms with Crippen LogP contribution in [0.5, 0.6) is 0 Å². The molecule has 70 valence electrons. The van der Waals surface area contributed by atoms with Crippen molar-refractivity contribution in [3.63, 3.8) is 0 Å². The Labute approximate surface area is 79.9 Å². The molecular weight excluding hydrogens is 188 g/mol. The first kappa shape index (κ1) is 9.88. The van der Waals surface area contributed by atoms with Crippen molar-refractivity contribution < 1.29 is 9.90 Å². The van der Waals surface area contributed by atoms with Gasteiger partial charge in [0, 0.05) is 11.9 Å². The maximum Gasteiger partial charge on any atom is 0.139 e. The molecule has 1 rings (SSSR count). The lowest BCUT2D eigenvalue weighted by Gasteiger charge is -1.91. The van der Waals surface area contributed by atoms with Gasteiger partial charge in [0.25, 0.3) is 0 Å². The predicted molar refractivity (Wildman–Crippen MR) is 49.4 cm³/mol. The van der Waals surface area contributed by atoms with Crippen LogP contribution >= 0.6 is 11.3 Å². The molecular formula is C8H9N2O2S-. The summed E-state index contributed by atoms with van der Waals surface area (Å²) in [5.74, 6) is -1.22. The number of nitrogens with zero attached hydrogens (tertiary/aromatic N) is 1. The number of hydrogen-bond acceptors (Lipinski definition) is 5. The van der Waals surface area contributed by atoms with Crippen molar-refractivity contribution in [1.82, 2.24) is 10.3 Å². The van der Waals surface area contributed by atoms with Crippen LogP contribution in [0.15, 0.2) is 11.5 Å². The summed E-state index contributed by atoms with van der Waals surface area (Å²) in [6.45, 7) is 0.734. The van der Waals surface area contributed by atoms with Gasteiger partial charge in [-0.15, -0.1) is 11.3 Å². The lowest BCUT2D eigenvalue weighted by atomic mass is 10.4. The van der Waals surface area contributed by atoms with Gasteiger partial charge in [0.05, 0.1) is 5.69 Å². The number of carboxylic acids is 1. The third kappa shape index (κ3) is 2.96. The number of carbonyl (C=O) groups is 1. The van der Waals surface area contributed by atoms with Gasteiger partial charge in [0.15, 0.2) is 0 Å². The number of aromatic nitrogens is 1. The Morgan fingerprint density at radius 1 is 1.85 bits per heavy atom. The van der Waals surface area contributed by atoms with Gasteiger partial charge in [-0.1, -0.05) is 6.08 Å². The van der Waals surface area contributed by atoms with Crippen molar-refractivity contribution in [2.45, 2.75) is 0 Å². The van der Waals surface area contributed by atoms with Crippen LogP contribution in [0.1, 0.15) is 15.5 Å². The van der Waals surface area contributed by atoms with Crippen molar-refractivity contribution in [3.05, 3.63) is 22.2 Å². The minimum absolute atomic E-state index is 0.0177. The molecule has 0 bridgehead atoms. The summed E-state index contributed by atoms with van der Waals surface area (Å²) >= 11 is 1.07. The number of hydrogen-bond donors (Lipinski definition) is 1. The van der Waals surface area contributed by atoms with Crippen LogP contribution in [0.25, 0.3) is 6.08 Å². The zero-order valence-electron chi connectivity index (χ0n) is 7.11. The van der Waals surface area contributed by atoms with Crippen LogP contribution in [0.2, 0.25) is 0 Å². The molecule has 0 atom stereocenters. The van der Waals surface area contributed by atoms with Gasteiger partial charge in [-0.05, 0) is 13.1 Å². The normalized spacial score (nSPS) is 10.8. The highest BCUT2D eigenvalue weighted by atomic mass is 32.1. The molecule has 0 aliphatic carbocycles. The molecule has 5 heteroatoms. The highest BCUT2D eigenvalue weighted by Crippen LogP contribution is 2.09. The molecule has 0 amide bonds. The molecule has 0 radical (unpaired) electrons. The van der Waals surface area contributed by atoms with E-state index in [1.165, 1.54) is 0 Å². The molecule has 0 aliphatic rings. The number of carboxylic acid groups (broad SMARTS) is 1. The Morgan fingerprint density at radius 2 is 2.62 bits per heavy atom. The zero-order chi connectivity index (χ0) is 9.68. The molecule has 0 spiro atoms. The van der Waals surface area contributed by atoms with E-state index in [4.69, 9.17) is 0 Å². The van der Waals surface area contributed by atoms with Crippen LogP contribution in [0.4, 0.5) is 0 Å². The number of aromatic carboxylic acids is 1. The Kier molecular flexibility index (Phi) is 3.60. The molecule has 1 heterocycles. The van der Waals surface area contributed by atoms with Gasteiger partial charge in [-0.25, -0.2) is 4.98 Å². The molecule has 1 aromatic rings. The van der Waals surface area contributed by atoms with E-state index in [-0.39, 0.29) is 5.01 Å². The minimum Gasteiger partial charge on any atom is -0.542 e. The summed E-state index contributed by atoms with van der Waals surface area (Å²) in [4.78, 5) is 14.2. The second-order valence-corrected chi connectivity index (χ2v) is 3.18. The highest BCUT2D eigenvalue weighted by Gasteiger charge is 1.98. The summed E-state index contributed by atoms with van der Waals surface area (Å²) in [7, 11) is 1.83. The number of nitrogens with one attached hydrogen (secondary N) is 1. The minimum atomic E-state index is -1.22. The zero-order valence-corrected chi connectivity index (χ0v) is 7.93. The third-order valence-electron chi connectivity index (χ3n) is 1.31. The quantitative estimate of drug-likeness (QED) is 0.722. The van der Waals surface area contributed by atoms with E-state index in [1.807, 2.05) is 13.1 Å². The Hall–Kier alpha value is -1.20. The molecule has 1 aromatic heterocycles. The van der Waals surface area contributed by atoms with Gasteiger partial charge in [-0.2, -0.15) is 0 Å². The van der Waals surface area contributed by atoms with E-state index >= 15 is 0 Å². The van der Waals surface area contributed by atoms with Crippen molar-refractivity contribution >= 4 is 23.4 Å². The Bertz CT molecular complexity index is 320. The van der Waals surface area contributed by atoms with E-state index < -0.39 is 5.97 Å². The lowest BCUT2D eigenvalue weighted by molar-refractivity contribution is -0.255. The fraction of sp³-hybridized carbons (Fsp3) is 0.250. The number of carbonyl (C=O) groups excluding carboxylic acids is 1. The SMILES string of the molecule is CNCC=Cc1csc(C(=O)[O-])n1. The van der Waals surface area contributed by atoms with Crippen LogP contribution < -0.4 is 10.4 Å². The molecule has 4 nitrogen and oxygen atoms in total. The molecule has 0 aromatic carbocycles. The third-order valence-corrected chi connectivity index (χ3v) is 2.15. The molecule has 0 saturated heterocycles. The maximum absolute atomic E-state index is 10.3. The molecule has 0 aliphatic heterocycles. The first-order valence-electron chi connectivity index (χ1n) is 3.72. The number of rotatable bonds is 4. The molecule has 13 heavy (non-hydrogen) atoms. The van der Waals surface area contributed by atoms with E-state index in [1.54, 1.807) is 11.5 Å². The fourth-order valence-electron chi connectivity index (χ4n) is 0.754. The topological polar surface area (TPSA) is 65.0 Å². The van der Waals surface area contributed by atoms with Crippen molar-refractivity contribution in [1.29, 1.82) is 0 Å². The summed E-state index contributed by atoms with van der Waals surface area (Å²) < 4.78 is 0. The lowest BCUT2D eigenvalue weighted by Crippen LogP contribution is -2.21. The second-order valence-electron chi connectivity index (χ2n) is 2.33. The number of thiazole rings is 1. The smallest absolute Gasteiger partial charge is 0.139 e. The van der Waals surface area contributed by atoms with Crippen molar-refractivity contribution in [2.24, 2.45) is 0 Å². The first-order valence-corrected chi connectivity index (χ1v) is 4.60. The highest BCUT2D eigenvalue weighted by molar-refractivity contribution is 7.11. The average molecular weight is 197 g/mol. The first-order chi connectivity index (χ1) is 6.24. The summed E-state index contributed by atoms with van der Waals surface area (Å²) in [6, 6.07) is 0. The standard InChI is InChI=1S/C8H10N2O2S/c1-9-4-2-3-6-5-13-7(10-6)8(11)12/h2-3,5,9H,4H2,1H3,(H,11,12)/p-1. The summed E-state index contributed by atoms with van der Waals surface area (Å²) in [6.07, 6.45) is 3.63. The van der Waals surface area contributed by atoms with Crippen molar-refractivity contribution in [2.75, 3.05) is 13.6 Å². The van der Waals surface area contributed by atoms with E-state index in [0.717, 1.165) is 17.9 Å². The van der Waals surface area contributed by atoms with Crippen LogP contribution in [0, 0.1) is 0 Å². The van der Waals surface area contributed by atoms with Gasteiger partial charge in [0.1, 0.15) is 11.0 Å². The van der Waals surface area contributed by atoms with Crippen LogP contribution in [0.3, 0.4) is 0 Å². The van der Waals surface area contributed by atoms with Gasteiger partial charge >= 0.3 is 0 Å². The summed E-state index contributed by atoms with van der Waals surface area (Å²) in [5, 5.41) is 15.0. The fourth-order valence-corrected chi connectivity index (χ4v) is 1.37. The van der Waals surface area contributed by atoms with E-state index in [2.05, 4.69) is 10.3 Å². The van der Waals surface area contributed by atoms with E-state index in [0.29, 0.717) is 5.69 Å². The van der Waals surface area contributed by atoms with Gasteiger partial charge in [0.2, 0.25) is 0 Å².